The van der Waals surface area contributed by atoms with Crippen molar-refractivity contribution in [2.24, 2.45) is 5.14 Å². The second-order valence-corrected chi connectivity index (χ2v) is 7.65. The first-order valence-electron chi connectivity index (χ1n) is 7.68. The fourth-order valence-corrected chi connectivity index (χ4v) is 3.11. The third-order valence-corrected chi connectivity index (χ3v) is 4.60. The molecule has 2 aromatic carbocycles. The lowest BCUT2D eigenvalue weighted by Crippen LogP contribution is -2.36. The van der Waals surface area contributed by atoms with Gasteiger partial charge in [0.1, 0.15) is 0 Å². The zero-order valence-electron chi connectivity index (χ0n) is 14.1. The lowest BCUT2D eigenvalue weighted by atomic mass is 10.1. The highest BCUT2D eigenvalue weighted by atomic mass is 32.2. The summed E-state index contributed by atoms with van der Waals surface area (Å²) >= 11 is 0. The second kappa shape index (κ2) is 7.15. The minimum atomic E-state index is -3.86. The topological polar surface area (TPSA) is 80.5 Å². The molecule has 0 bridgehead atoms. The van der Waals surface area contributed by atoms with Crippen LogP contribution in [0, 0.1) is 6.92 Å². The van der Waals surface area contributed by atoms with Crippen molar-refractivity contribution >= 4 is 15.9 Å². The minimum absolute atomic E-state index is 0.0313. The highest BCUT2D eigenvalue weighted by Crippen LogP contribution is 2.18. The van der Waals surface area contributed by atoms with E-state index in [9.17, 15) is 13.2 Å². The Bertz CT molecular complexity index is 831. The number of sulfonamides is 1. The first-order chi connectivity index (χ1) is 11.2. The molecule has 0 saturated carbocycles. The zero-order valence-corrected chi connectivity index (χ0v) is 14.9. The van der Waals surface area contributed by atoms with Crippen LogP contribution in [0.5, 0.6) is 0 Å². The Morgan fingerprint density at radius 2 is 1.75 bits per heavy atom. The molecule has 0 aliphatic heterocycles. The van der Waals surface area contributed by atoms with Gasteiger partial charge in [0.05, 0.1) is 4.90 Å². The molecule has 2 N–H and O–H groups in total. The maximum absolute atomic E-state index is 12.9. The van der Waals surface area contributed by atoms with Gasteiger partial charge in [0.15, 0.2) is 0 Å². The summed E-state index contributed by atoms with van der Waals surface area (Å²) in [5.74, 6) is -0.220. The Kier molecular flexibility index (Phi) is 5.41. The van der Waals surface area contributed by atoms with E-state index in [1.165, 1.54) is 12.1 Å². The Morgan fingerprint density at radius 1 is 1.12 bits per heavy atom. The highest BCUT2D eigenvalue weighted by Gasteiger charge is 2.21. The molecule has 0 aliphatic rings. The number of nitrogens with two attached hydrogens (primary N) is 1. The number of hydrogen-bond acceptors (Lipinski definition) is 3. The molecule has 2 rings (SSSR count). The average Bonchev–Trinajstić information content (AvgIpc) is 2.51. The summed E-state index contributed by atoms with van der Waals surface area (Å²) < 4.78 is 23.2. The van der Waals surface area contributed by atoms with E-state index < -0.39 is 10.0 Å². The SMILES string of the molecule is Cc1cc(C(=O)N(Cc2ccccc2)C(C)C)cc(S(N)(=O)=O)c1. The van der Waals surface area contributed by atoms with Crippen molar-refractivity contribution in [2.45, 2.75) is 38.3 Å². The predicted octanol–water partition coefficient (Wildman–Crippen LogP) is 2.69. The predicted molar refractivity (Wildman–Crippen MR) is 94.0 cm³/mol. The van der Waals surface area contributed by atoms with Gasteiger partial charge < -0.3 is 4.90 Å². The lowest BCUT2D eigenvalue weighted by molar-refractivity contribution is 0.0690. The number of amides is 1. The van der Waals surface area contributed by atoms with Crippen LogP contribution in [0.3, 0.4) is 0 Å². The highest BCUT2D eigenvalue weighted by molar-refractivity contribution is 7.89. The monoisotopic (exact) mass is 346 g/mol. The van der Waals surface area contributed by atoms with Crippen molar-refractivity contribution in [1.29, 1.82) is 0 Å². The molecule has 0 aliphatic carbocycles. The molecule has 128 valence electrons. The summed E-state index contributed by atoms with van der Waals surface area (Å²) in [4.78, 5) is 14.6. The summed E-state index contributed by atoms with van der Waals surface area (Å²) in [6.45, 7) is 6.05. The van der Waals surface area contributed by atoms with Gasteiger partial charge in [0.25, 0.3) is 5.91 Å². The van der Waals surface area contributed by atoms with E-state index in [0.29, 0.717) is 17.7 Å². The quantitative estimate of drug-likeness (QED) is 0.904. The van der Waals surface area contributed by atoms with Crippen LogP contribution >= 0.6 is 0 Å². The third-order valence-electron chi connectivity index (χ3n) is 3.71. The van der Waals surface area contributed by atoms with E-state index in [0.717, 1.165) is 5.56 Å². The molecule has 0 atom stereocenters. The van der Waals surface area contributed by atoms with Gasteiger partial charge >= 0.3 is 0 Å². The zero-order chi connectivity index (χ0) is 17.9. The van der Waals surface area contributed by atoms with Crippen LogP contribution in [0.4, 0.5) is 0 Å². The molecule has 0 unspecified atom stereocenters. The molecule has 6 heteroatoms. The Morgan fingerprint density at radius 3 is 2.29 bits per heavy atom. The first-order valence-corrected chi connectivity index (χ1v) is 9.22. The molecule has 0 heterocycles. The average molecular weight is 346 g/mol. The smallest absolute Gasteiger partial charge is 0.254 e. The normalized spacial score (nSPS) is 11.5. The van der Waals surface area contributed by atoms with Crippen LogP contribution in [0.15, 0.2) is 53.4 Å². The number of carbonyl (C=O) groups excluding carboxylic acids is 1. The van der Waals surface area contributed by atoms with E-state index in [2.05, 4.69) is 0 Å². The summed E-state index contributed by atoms with van der Waals surface area (Å²) in [7, 11) is -3.86. The maximum Gasteiger partial charge on any atom is 0.254 e. The minimum Gasteiger partial charge on any atom is -0.332 e. The van der Waals surface area contributed by atoms with Crippen LogP contribution in [0.25, 0.3) is 0 Å². The van der Waals surface area contributed by atoms with Crippen molar-refractivity contribution in [2.75, 3.05) is 0 Å². The van der Waals surface area contributed by atoms with Gasteiger partial charge in [0, 0.05) is 18.2 Å². The molecule has 2 aromatic rings. The molecule has 0 fully saturated rings. The number of hydrogen-bond donors (Lipinski definition) is 1. The van der Waals surface area contributed by atoms with E-state index in [-0.39, 0.29) is 16.8 Å². The Labute approximate surface area is 143 Å². The van der Waals surface area contributed by atoms with Crippen LogP contribution < -0.4 is 5.14 Å². The molecule has 0 saturated heterocycles. The number of rotatable bonds is 5. The summed E-state index contributed by atoms with van der Waals surface area (Å²) in [5.41, 5.74) is 2.01. The van der Waals surface area contributed by atoms with E-state index in [1.54, 1.807) is 17.9 Å². The van der Waals surface area contributed by atoms with Crippen LogP contribution in [0.1, 0.15) is 35.3 Å². The summed E-state index contributed by atoms with van der Waals surface area (Å²) in [6.07, 6.45) is 0. The van der Waals surface area contributed by atoms with Crippen molar-refractivity contribution in [1.82, 2.24) is 4.90 Å². The van der Waals surface area contributed by atoms with Gasteiger partial charge in [-0.3, -0.25) is 4.79 Å². The fraction of sp³-hybridized carbons (Fsp3) is 0.278. The standard InChI is InChI=1S/C18H22N2O3S/c1-13(2)20(12-15-7-5-4-6-8-15)18(21)16-9-14(3)10-17(11-16)24(19,22)23/h4-11,13H,12H2,1-3H3,(H2,19,22,23). The van der Waals surface area contributed by atoms with Gasteiger partial charge in [-0.15, -0.1) is 0 Å². The van der Waals surface area contributed by atoms with Crippen molar-refractivity contribution in [3.8, 4) is 0 Å². The van der Waals surface area contributed by atoms with Crippen molar-refractivity contribution < 1.29 is 13.2 Å². The molecule has 1 amide bonds. The van der Waals surface area contributed by atoms with E-state index >= 15 is 0 Å². The molecule has 5 nitrogen and oxygen atoms in total. The number of carbonyl (C=O) groups is 1. The van der Waals surface area contributed by atoms with Gasteiger partial charge in [-0.05, 0) is 50.1 Å². The number of nitrogens with zero attached hydrogens (tertiary/aromatic N) is 1. The molecular formula is C18H22N2O3S. The summed E-state index contributed by atoms with van der Waals surface area (Å²) in [5, 5.41) is 5.20. The fourth-order valence-electron chi connectivity index (χ4n) is 2.47. The van der Waals surface area contributed by atoms with Crippen LogP contribution in [-0.4, -0.2) is 25.3 Å². The Balaban J connectivity index is 2.39. The Hall–Kier alpha value is -2.18. The molecule has 24 heavy (non-hydrogen) atoms. The largest absolute Gasteiger partial charge is 0.332 e. The maximum atomic E-state index is 12.9. The first kappa shape index (κ1) is 18.2. The molecule has 0 radical (unpaired) electrons. The van der Waals surface area contributed by atoms with Crippen molar-refractivity contribution in [3.05, 3.63) is 65.2 Å². The number of primary sulfonamides is 1. The van der Waals surface area contributed by atoms with Crippen LogP contribution in [-0.2, 0) is 16.6 Å². The van der Waals surface area contributed by atoms with E-state index in [4.69, 9.17) is 5.14 Å². The van der Waals surface area contributed by atoms with E-state index in [1.807, 2.05) is 44.2 Å². The third kappa shape index (κ3) is 4.43. The molecule has 0 spiro atoms. The number of benzene rings is 2. The molecule has 0 aromatic heterocycles. The summed E-state index contributed by atoms with van der Waals surface area (Å²) in [6, 6.07) is 14.1. The van der Waals surface area contributed by atoms with Crippen LogP contribution in [0.2, 0.25) is 0 Å². The second-order valence-electron chi connectivity index (χ2n) is 6.09. The lowest BCUT2D eigenvalue weighted by Gasteiger charge is -2.27. The van der Waals surface area contributed by atoms with Gasteiger partial charge in [-0.25, -0.2) is 13.6 Å². The van der Waals surface area contributed by atoms with Gasteiger partial charge in [-0.1, -0.05) is 30.3 Å². The number of aryl methyl sites for hydroxylation is 1. The van der Waals surface area contributed by atoms with Gasteiger partial charge in [0.2, 0.25) is 10.0 Å². The van der Waals surface area contributed by atoms with Gasteiger partial charge in [-0.2, -0.15) is 0 Å². The van der Waals surface area contributed by atoms with Crippen molar-refractivity contribution in [3.63, 3.8) is 0 Å². The molecular weight excluding hydrogens is 324 g/mol.